The lowest BCUT2D eigenvalue weighted by molar-refractivity contribution is 0.448. The predicted octanol–water partition coefficient (Wildman–Crippen LogP) is 4.62. The van der Waals surface area contributed by atoms with Crippen LogP contribution in [0.15, 0.2) is 61.1 Å². The maximum Gasteiger partial charge on any atom is 0.207 e. The van der Waals surface area contributed by atoms with Crippen molar-refractivity contribution in [1.29, 1.82) is 0 Å². The van der Waals surface area contributed by atoms with Crippen LogP contribution >= 0.6 is 0 Å². The Bertz CT molecular complexity index is 1160. The lowest BCUT2D eigenvalue weighted by Crippen LogP contribution is -2.10. The number of hydrogen-bond acceptors (Lipinski definition) is 5. The van der Waals surface area contributed by atoms with Gasteiger partial charge in [0.1, 0.15) is 11.6 Å². The number of aromatic hydroxyl groups is 1. The normalized spacial score (nSPS) is 11.7. The van der Waals surface area contributed by atoms with E-state index < -0.39 is 0 Å². The summed E-state index contributed by atoms with van der Waals surface area (Å²) >= 11 is 0. The molecule has 0 fully saturated rings. The number of rotatable bonds is 4. The SMILES string of the molecule is CC(C)(C)c1ccc(-n2cc3ccnc(NCc4ccnc(N)c4)c3c2O)cc1. The molecule has 0 aliphatic rings. The number of nitrogens with one attached hydrogen (secondary N) is 1. The molecular formula is C23H25N5O. The number of aromatic nitrogens is 3. The summed E-state index contributed by atoms with van der Waals surface area (Å²) in [7, 11) is 0. The molecule has 0 aliphatic heterocycles. The Morgan fingerprint density at radius 3 is 2.45 bits per heavy atom. The molecule has 1 aromatic carbocycles. The van der Waals surface area contributed by atoms with Crippen LogP contribution in [-0.2, 0) is 12.0 Å². The van der Waals surface area contributed by atoms with Gasteiger partial charge in [0, 0.05) is 36.2 Å². The Labute approximate surface area is 170 Å². The van der Waals surface area contributed by atoms with Crippen LogP contribution in [0.25, 0.3) is 16.5 Å². The molecule has 0 spiro atoms. The Hall–Kier alpha value is -3.54. The average Bonchev–Trinajstić information content (AvgIpc) is 3.03. The summed E-state index contributed by atoms with van der Waals surface area (Å²) in [4.78, 5) is 8.44. The van der Waals surface area contributed by atoms with Gasteiger partial charge in [0.15, 0.2) is 0 Å². The average molecular weight is 387 g/mol. The van der Waals surface area contributed by atoms with Crippen LogP contribution in [0.1, 0.15) is 31.9 Å². The number of nitrogen functional groups attached to an aromatic ring is 1. The predicted molar refractivity (Wildman–Crippen MR) is 117 cm³/mol. The van der Waals surface area contributed by atoms with Crippen molar-refractivity contribution in [1.82, 2.24) is 14.5 Å². The van der Waals surface area contributed by atoms with E-state index in [2.05, 4.69) is 48.2 Å². The van der Waals surface area contributed by atoms with Crippen LogP contribution in [-0.4, -0.2) is 19.6 Å². The van der Waals surface area contributed by atoms with Gasteiger partial charge in [0.2, 0.25) is 5.88 Å². The first-order valence-corrected chi connectivity index (χ1v) is 9.57. The third-order valence-corrected chi connectivity index (χ3v) is 5.02. The molecule has 4 rings (SSSR count). The van der Waals surface area contributed by atoms with E-state index in [1.165, 1.54) is 5.56 Å². The molecule has 3 aromatic heterocycles. The number of nitrogens with zero attached hydrogens (tertiary/aromatic N) is 3. The van der Waals surface area contributed by atoms with Crippen molar-refractivity contribution in [3.63, 3.8) is 0 Å². The topological polar surface area (TPSA) is 89.0 Å². The maximum absolute atomic E-state index is 10.9. The summed E-state index contributed by atoms with van der Waals surface area (Å²) in [5.74, 6) is 1.26. The van der Waals surface area contributed by atoms with Gasteiger partial charge < -0.3 is 16.2 Å². The number of pyridine rings is 2. The van der Waals surface area contributed by atoms with E-state index >= 15 is 0 Å². The van der Waals surface area contributed by atoms with E-state index in [0.29, 0.717) is 23.6 Å². The van der Waals surface area contributed by atoms with Crippen molar-refractivity contribution in [3.05, 3.63) is 72.2 Å². The summed E-state index contributed by atoms with van der Waals surface area (Å²) in [6, 6.07) is 13.9. The first kappa shape index (κ1) is 18.8. The van der Waals surface area contributed by atoms with Gasteiger partial charge in [0.05, 0.1) is 5.39 Å². The molecule has 148 valence electrons. The zero-order valence-corrected chi connectivity index (χ0v) is 16.8. The van der Waals surface area contributed by atoms with Crippen molar-refractivity contribution in [2.24, 2.45) is 0 Å². The van der Waals surface area contributed by atoms with Crippen molar-refractivity contribution in [2.75, 3.05) is 11.1 Å². The monoisotopic (exact) mass is 387 g/mol. The van der Waals surface area contributed by atoms with E-state index in [1.54, 1.807) is 17.0 Å². The van der Waals surface area contributed by atoms with E-state index in [0.717, 1.165) is 16.6 Å². The Balaban J connectivity index is 1.68. The highest BCUT2D eigenvalue weighted by molar-refractivity contribution is 5.97. The van der Waals surface area contributed by atoms with Gasteiger partial charge >= 0.3 is 0 Å². The number of hydrogen-bond donors (Lipinski definition) is 3. The summed E-state index contributed by atoms with van der Waals surface area (Å²) < 4.78 is 1.79. The number of benzene rings is 1. The quantitative estimate of drug-likeness (QED) is 0.475. The highest BCUT2D eigenvalue weighted by Gasteiger charge is 2.16. The first-order valence-electron chi connectivity index (χ1n) is 9.57. The smallest absolute Gasteiger partial charge is 0.207 e. The molecule has 6 heteroatoms. The minimum absolute atomic E-state index is 0.0827. The Kier molecular flexibility index (Phi) is 4.62. The lowest BCUT2D eigenvalue weighted by Gasteiger charge is -2.19. The molecule has 0 saturated carbocycles. The van der Waals surface area contributed by atoms with Crippen molar-refractivity contribution in [3.8, 4) is 11.6 Å². The highest BCUT2D eigenvalue weighted by atomic mass is 16.3. The fourth-order valence-electron chi connectivity index (χ4n) is 3.38. The Morgan fingerprint density at radius 1 is 1.03 bits per heavy atom. The minimum atomic E-state index is 0.0827. The first-order chi connectivity index (χ1) is 13.8. The molecule has 3 heterocycles. The largest absolute Gasteiger partial charge is 0.494 e. The molecule has 29 heavy (non-hydrogen) atoms. The molecule has 0 aliphatic carbocycles. The third-order valence-electron chi connectivity index (χ3n) is 5.02. The van der Waals surface area contributed by atoms with Gasteiger partial charge in [-0.3, -0.25) is 4.57 Å². The fourth-order valence-corrected chi connectivity index (χ4v) is 3.38. The van der Waals surface area contributed by atoms with Crippen LogP contribution in [0.5, 0.6) is 5.88 Å². The lowest BCUT2D eigenvalue weighted by atomic mass is 9.87. The Morgan fingerprint density at radius 2 is 1.76 bits per heavy atom. The number of nitrogens with two attached hydrogens (primary N) is 1. The number of anilines is 2. The summed E-state index contributed by atoms with van der Waals surface area (Å²) in [5.41, 5.74) is 8.98. The van der Waals surface area contributed by atoms with Gasteiger partial charge in [0.25, 0.3) is 0 Å². The van der Waals surface area contributed by atoms with Crippen molar-refractivity contribution >= 4 is 22.4 Å². The van der Waals surface area contributed by atoms with E-state index in [-0.39, 0.29) is 11.3 Å². The minimum Gasteiger partial charge on any atom is -0.494 e. The standard InChI is InChI=1S/C23H25N5O/c1-23(2,3)17-4-6-18(7-5-17)28-14-16-9-11-26-21(20(16)22(28)29)27-13-15-8-10-25-19(24)12-15/h4-12,14,29H,13H2,1-3H3,(H2,24,25)(H,26,27). The highest BCUT2D eigenvalue weighted by Crippen LogP contribution is 2.35. The molecule has 0 bridgehead atoms. The van der Waals surface area contributed by atoms with Crippen LogP contribution in [0.4, 0.5) is 11.6 Å². The van der Waals surface area contributed by atoms with Crippen LogP contribution in [0.3, 0.4) is 0 Å². The molecule has 0 amide bonds. The number of fused-ring (bicyclic) bond motifs is 1. The van der Waals surface area contributed by atoms with E-state index in [9.17, 15) is 5.11 Å². The second kappa shape index (κ2) is 7.13. The van der Waals surface area contributed by atoms with E-state index in [4.69, 9.17) is 5.73 Å². The summed E-state index contributed by atoms with van der Waals surface area (Å²) in [5, 5.41) is 15.8. The van der Waals surface area contributed by atoms with Gasteiger partial charge in [-0.15, -0.1) is 0 Å². The van der Waals surface area contributed by atoms with Crippen molar-refractivity contribution in [2.45, 2.75) is 32.7 Å². The fraction of sp³-hybridized carbons (Fsp3) is 0.217. The van der Waals surface area contributed by atoms with Gasteiger partial charge in [-0.2, -0.15) is 0 Å². The van der Waals surface area contributed by atoms with E-state index in [1.807, 2.05) is 36.5 Å². The summed E-state index contributed by atoms with van der Waals surface area (Å²) in [6.07, 6.45) is 5.33. The maximum atomic E-state index is 10.9. The molecule has 4 aromatic rings. The second-order valence-corrected chi connectivity index (χ2v) is 8.19. The van der Waals surface area contributed by atoms with Crippen LogP contribution in [0, 0.1) is 0 Å². The van der Waals surface area contributed by atoms with Crippen LogP contribution < -0.4 is 11.1 Å². The second-order valence-electron chi connectivity index (χ2n) is 8.19. The zero-order valence-electron chi connectivity index (χ0n) is 16.8. The molecular weight excluding hydrogens is 362 g/mol. The van der Waals surface area contributed by atoms with Crippen molar-refractivity contribution < 1.29 is 5.11 Å². The molecule has 0 atom stereocenters. The molecule has 0 radical (unpaired) electrons. The molecule has 0 saturated heterocycles. The van der Waals surface area contributed by atoms with Crippen LogP contribution in [0.2, 0.25) is 0 Å². The zero-order chi connectivity index (χ0) is 20.6. The van der Waals surface area contributed by atoms with Gasteiger partial charge in [-0.25, -0.2) is 9.97 Å². The molecule has 4 N–H and O–H groups in total. The molecule has 0 unspecified atom stereocenters. The third kappa shape index (κ3) is 3.74. The van der Waals surface area contributed by atoms with Gasteiger partial charge in [-0.1, -0.05) is 32.9 Å². The molecule has 6 nitrogen and oxygen atoms in total. The van der Waals surface area contributed by atoms with Gasteiger partial charge in [-0.05, 0) is 46.9 Å². The summed E-state index contributed by atoms with van der Waals surface area (Å²) in [6.45, 7) is 7.08.